The molecule has 1 aliphatic rings. The highest BCUT2D eigenvalue weighted by Gasteiger charge is 2.18. The predicted octanol–water partition coefficient (Wildman–Crippen LogP) is 1.38. The van der Waals surface area contributed by atoms with E-state index >= 15 is 0 Å². The van der Waals surface area contributed by atoms with Crippen molar-refractivity contribution in [2.24, 2.45) is 5.73 Å². The fourth-order valence-corrected chi connectivity index (χ4v) is 1.97. The van der Waals surface area contributed by atoms with Crippen LogP contribution in [0.4, 0.5) is 0 Å². The Morgan fingerprint density at radius 2 is 2.43 bits per heavy atom. The van der Waals surface area contributed by atoms with Gasteiger partial charge in [0.2, 0.25) is 0 Å². The first-order valence-electron chi connectivity index (χ1n) is 4.82. The zero-order valence-corrected chi connectivity index (χ0v) is 9.57. The molecule has 2 N–H and O–H groups in total. The highest BCUT2D eigenvalue weighted by Crippen LogP contribution is 2.12. The molecule has 0 radical (unpaired) electrons. The lowest BCUT2D eigenvalue weighted by molar-refractivity contribution is 0.323. The number of hydrogen-bond acceptors (Lipinski definition) is 3. The summed E-state index contributed by atoms with van der Waals surface area (Å²) in [5, 5.41) is 0. The Kier molecular flexibility index (Phi) is 3.15. The molecule has 2 rings (SSSR count). The van der Waals surface area contributed by atoms with Crippen LogP contribution in [0, 0.1) is 0 Å². The van der Waals surface area contributed by atoms with E-state index in [2.05, 4.69) is 25.8 Å². The molecule has 1 aromatic heterocycles. The third-order valence-electron chi connectivity index (χ3n) is 2.48. The van der Waals surface area contributed by atoms with Gasteiger partial charge in [0.1, 0.15) is 0 Å². The number of likely N-dealkylation sites (tertiary alicyclic amines) is 1. The Morgan fingerprint density at radius 1 is 1.57 bits per heavy atom. The van der Waals surface area contributed by atoms with Crippen molar-refractivity contribution in [3.8, 4) is 0 Å². The molecule has 14 heavy (non-hydrogen) atoms. The van der Waals surface area contributed by atoms with Gasteiger partial charge in [0.05, 0.1) is 5.69 Å². The average molecular weight is 256 g/mol. The Hall–Kier alpha value is -0.450. The Morgan fingerprint density at radius 3 is 3.00 bits per heavy atom. The predicted molar refractivity (Wildman–Crippen MR) is 59.8 cm³/mol. The van der Waals surface area contributed by atoms with Crippen LogP contribution in [0.3, 0.4) is 0 Å². The van der Waals surface area contributed by atoms with E-state index in [1.807, 2.05) is 18.3 Å². The van der Waals surface area contributed by atoms with Crippen molar-refractivity contribution >= 4 is 15.9 Å². The van der Waals surface area contributed by atoms with Crippen molar-refractivity contribution in [2.75, 3.05) is 13.1 Å². The van der Waals surface area contributed by atoms with Crippen molar-refractivity contribution in [2.45, 2.75) is 19.0 Å². The quantitative estimate of drug-likeness (QED) is 0.869. The van der Waals surface area contributed by atoms with Gasteiger partial charge in [0.25, 0.3) is 0 Å². The van der Waals surface area contributed by atoms with E-state index in [1.54, 1.807) is 0 Å². The molecule has 0 aliphatic carbocycles. The molecule has 0 aromatic carbocycles. The third kappa shape index (κ3) is 2.53. The second kappa shape index (κ2) is 4.38. The van der Waals surface area contributed by atoms with Crippen molar-refractivity contribution in [1.82, 2.24) is 9.88 Å². The highest BCUT2D eigenvalue weighted by atomic mass is 79.9. The molecule has 1 saturated heterocycles. The molecule has 0 saturated carbocycles. The number of rotatable bonds is 2. The van der Waals surface area contributed by atoms with Gasteiger partial charge >= 0.3 is 0 Å². The molecule has 1 atom stereocenters. The van der Waals surface area contributed by atoms with Gasteiger partial charge in [-0.15, -0.1) is 0 Å². The maximum Gasteiger partial charge on any atom is 0.0544 e. The zero-order chi connectivity index (χ0) is 9.97. The van der Waals surface area contributed by atoms with Crippen LogP contribution >= 0.6 is 15.9 Å². The van der Waals surface area contributed by atoms with Crippen LogP contribution in [0.1, 0.15) is 12.1 Å². The first-order chi connectivity index (χ1) is 6.74. The van der Waals surface area contributed by atoms with Gasteiger partial charge in [-0.2, -0.15) is 0 Å². The normalized spacial score (nSPS) is 22.9. The standard InChI is InChI=1S/C10H14BrN3/c11-8-1-2-10(13-5-8)7-14-4-3-9(12)6-14/h1-2,5,9H,3-4,6-7,12H2. The fraction of sp³-hybridized carbons (Fsp3) is 0.500. The van der Waals surface area contributed by atoms with Gasteiger partial charge in [-0.25, -0.2) is 0 Å². The molecule has 0 amide bonds. The Bertz CT molecular complexity index is 299. The minimum Gasteiger partial charge on any atom is -0.326 e. The molecule has 2 heterocycles. The van der Waals surface area contributed by atoms with E-state index in [4.69, 9.17) is 5.73 Å². The molecular formula is C10H14BrN3. The van der Waals surface area contributed by atoms with Gasteiger partial charge in [-0.1, -0.05) is 0 Å². The van der Waals surface area contributed by atoms with Crippen molar-refractivity contribution < 1.29 is 0 Å². The summed E-state index contributed by atoms with van der Waals surface area (Å²) in [6.45, 7) is 3.01. The Labute approximate surface area is 92.4 Å². The number of hydrogen-bond donors (Lipinski definition) is 1. The average Bonchev–Trinajstić information content (AvgIpc) is 2.56. The summed E-state index contributed by atoms with van der Waals surface area (Å²) in [6.07, 6.45) is 2.95. The number of nitrogens with zero attached hydrogens (tertiary/aromatic N) is 2. The number of halogens is 1. The van der Waals surface area contributed by atoms with E-state index < -0.39 is 0 Å². The monoisotopic (exact) mass is 255 g/mol. The van der Waals surface area contributed by atoms with Gasteiger partial charge in [-0.3, -0.25) is 9.88 Å². The van der Waals surface area contributed by atoms with Crippen LogP contribution in [-0.4, -0.2) is 29.0 Å². The third-order valence-corrected chi connectivity index (χ3v) is 2.95. The molecule has 1 aliphatic heterocycles. The molecule has 1 unspecified atom stereocenters. The molecule has 0 bridgehead atoms. The van der Waals surface area contributed by atoms with Gasteiger partial charge in [0, 0.05) is 36.3 Å². The summed E-state index contributed by atoms with van der Waals surface area (Å²) in [5.41, 5.74) is 6.95. The summed E-state index contributed by atoms with van der Waals surface area (Å²) in [6, 6.07) is 4.43. The number of nitrogens with two attached hydrogens (primary N) is 1. The summed E-state index contributed by atoms with van der Waals surface area (Å²) in [5.74, 6) is 0. The highest BCUT2D eigenvalue weighted by molar-refractivity contribution is 9.10. The van der Waals surface area contributed by atoms with Gasteiger partial charge < -0.3 is 5.73 Å². The topological polar surface area (TPSA) is 42.1 Å². The zero-order valence-electron chi connectivity index (χ0n) is 7.99. The SMILES string of the molecule is NC1CCN(Cc2ccc(Br)cn2)C1. The van der Waals surface area contributed by atoms with Crippen molar-refractivity contribution in [3.05, 3.63) is 28.5 Å². The first-order valence-corrected chi connectivity index (χ1v) is 5.62. The van der Waals surface area contributed by atoms with Crippen LogP contribution in [0.25, 0.3) is 0 Å². The van der Waals surface area contributed by atoms with Crippen LogP contribution in [0.5, 0.6) is 0 Å². The minimum absolute atomic E-state index is 0.352. The minimum atomic E-state index is 0.352. The molecule has 0 spiro atoms. The largest absolute Gasteiger partial charge is 0.326 e. The fourth-order valence-electron chi connectivity index (χ4n) is 1.74. The molecule has 4 heteroatoms. The van der Waals surface area contributed by atoms with Gasteiger partial charge in [-0.05, 0) is 34.5 Å². The maximum absolute atomic E-state index is 5.83. The number of pyridine rings is 1. The Balaban J connectivity index is 1.94. The lowest BCUT2D eigenvalue weighted by Crippen LogP contribution is -2.26. The van der Waals surface area contributed by atoms with E-state index in [1.165, 1.54) is 0 Å². The van der Waals surface area contributed by atoms with Crippen molar-refractivity contribution in [1.29, 1.82) is 0 Å². The summed E-state index contributed by atoms with van der Waals surface area (Å²) in [4.78, 5) is 6.69. The summed E-state index contributed by atoms with van der Waals surface area (Å²) in [7, 11) is 0. The molecule has 76 valence electrons. The second-order valence-electron chi connectivity index (χ2n) is 3.75. The van der Waals surface area contributed by atoms with Crippen LogP contribution in [-0.2, 0) is 6.54 Å². The van der Waals surface area contributed by atoms with Crippen molar-refractivity contribution in [3.63, 3.8) is 0 Å². The maximum atomic E-state index is 5.83. The summed E-state index contributed by atoms with van der Waals surface area (Å²) < 4.78 is 1.03. The van der Waals surface area contributed by atoms with E-state index in [0.29, 0.717) is 6.04 Å². The lowest BCUT2D eigenvalue weighted by Gasteiger charge is -2.14. The van der Waals surface area contributed by atoms with Gasteiger partial charge in [0.15, 0.2) is 0 Å². The molecular weight excluding hydrogens is 242 g/mol. The van der Waals surface area contributed by atoms with Crippen LogP contribution < -0.4 is 5.73 Å². The smallest absolute Gasteiger partial charge is 0.0544 e. The van der Waals surface area contributed by atoms with Crippen LogP contribution in [0.2, 0.25) is 0 Å². The van der Waals surface area contributed by atoms with E-state index in [-0.39, 0.29) is 0 Å². The van der Waals surface area contributed by atoms with Crippen LogP contribution in [0.15, 0.2) is 22.8 Å². The van der Waals surface area contributed by atoms with E-state index in [9.17, 15) is 0 Å². The molecule has 1 fully saturated rings. The molecule has 1 aromatic rings. The molecule has 3 nitrogen and oxygen atoms in total. The number of aromatic nitrogens is 1. The lowest BCUT2D eigenvalue weighted by atomic mass is 10.3. The first kappa shape index (κ1) is 10.1. The summed E-state index contributed by atoms with van der Waals surface area (Å²) >= 11 is 3.37. The van der Waals surface area contributed by atoms with E-state index in [0.717, 1.165) is 36.2 Å². The second-order valence-corrected chi connectivity index (χ2v) is 4.67.